The first-order valence-corrected chi connectivity index (χ1v) is 10.9. The van der Waals surface area contributed by atoms with E-state index in [4.69, 9.17) is 0 Å². The molecule has 7 heteroatoms. The summed E-state index contributed by atoms with van der Waals surface area (Å²) in [6.45, 7) is 8.25. The van der Waals surface area contributed by atoms with Gasteiger partial charge >= 0.3 is 0 Å². The number of benzene rings is 2. The molecule has 0 saturated carbocycles. The fraction of sp³-hybridized carbons (Fsp3) is 0.348. The Morgan fingerprint density at radius 3 is 2.43 bits per heavy atom. The second kappa shape index (κ2) is 9.43. The molecule has 2 unspecified atom stereocenters. The first-order valence-electron chi connectivity index (χ1n) is 9.98. The number of carbonyl (C=O) groups excluding carboxylic acids is 1. The van der Waals surface area contributed by atoms with E-state index in [1.807, 2.05) is 39.0 Å². The number of halogens is 1. The minimum Gasteiger partial charge on any atom is -0.349 e. The highest BCUT2D eigenvalue weighted by Crippen LogP contribution is 2.24. The maximum Gasteiger partial charge on any atom is 0.262 e. The van der Waals surface area contributed by atoms with Crippen LogP contribution in [0.4, 0.5) is 4.39 Å². The standard InChI is InChI=1S/C23H26FN3O2S/c1-14(2)13-27-22(29)19-7-5-6-8-20(19)26-23(27)30-16(4)21(28)25-15(3)17-9-11-18(24)12-10-17/h5-12,14-16H,13H2,1-4H3,(H,25,28). The minimum absolute atomic E-state index is 0.0934. The van der Waals surface area contributed by atoms with E-state index < -0.39 is 5.25 Å². The van der Waals surface area contributed by atoms with Gasteiger partial charge in [-0.25, -0.2) is 9.37 Å². The van der Waals surface area contributed by atoms with Crippen molar-refractivity contribution in [1.29, 1.82) is 0 Å². The fourth-order valence-electron chi connectivity index (χ4n) is 3.14. The maximum absolute atomic E-state index is 13.1. The predicted octanol–water partition coefficient (Wildman–Crippen LogP) is 4.55. The van der Waals surface area contributed by atoms with Gasteiger partial charge in [-0.15, -0.1) is 0 Å². The van der Waals surface area contributed by atoms with Gasteiger partial charge in [0, 0.05) is 6.54 Å². The molecule has 0 fully saturated rings. The van der Waals surface area contributed by atoms with Gasteiger partial charge in [-0.1, -0.05) is 49.9 Å². The molecule has 0 radical (unpaired) electrons. The van der Waals surface area contributed by atoms with Crippen LogP contribution >= 0.6 is 11.8 Å². The lowest BCUT2D eigenvalue weighted by Crippen LogP contribution is -2.34. The maximum atomic E-state index is 13.1. The van der Waals surface area contributed by atoms with Crippen molar-refractivity contribution < 1.29 is 9.18 Å². The van der Waals surface area contributed by atoms with Crippen LogP contribution in [-0.4, -0.2) is 20.7 Å². The van der Waals surface area contributed by atoms with Gasteiger partial charge in [0.25, 0.3) is 5.56 Å². The third-order valence-corrected chi connectivity index (χ3v) is 5.84. The number of thioether (sulfide) groups is 1. The summed E-state index contributed by atoms with van der Waals surface area (Å²) in [4.78, 5) is 30.4. The van der Waals surface area contributed by atoms with Crippen molar-refractivity contribution in [2.45, 2.75) is 50.7 Å². The molecule has 30 heavy (non-hydrogen) atoms. The summed E-state index contributed by atoms with van der Waals surface area (Å²) < 4.78 is 14.8. The molecule has 158 valence electrons. The molecular weight excluding hydrogens is 401 g/mol. The van der Waals surface area contributed by atoms with Crippen LogP contribution in [0.3, 0.4) is 0 Å². The number of para-hydroxylation sites is 1. The average Bonchev–Trinajstić information content (AvgIpc) is 2.71. The van der Waals surface area contributed by atoms with Gasteiger partial charge in [-0.3, -0.25) is 14.2 Å². The number of amides is 1. The zero-order valence-electron chi connectivity index (χ0n) is 17.6. The first kappa shape index (κ1) is 22.0. The molecule has 1 heterocycles. The summed E-state index contributed by atoms with van der Waals surface area (Å²) in [5, 5.41) is 3.60. The Balaban J connectivity index is 1.82. The van der Waals surface area contributed by atoms with Crippen LogP contribution in [-0.2, 0) is 11.3 Å². The van der Waals surface area contributed by atoms with E-state index in [0.717, 1.165) is 5.56 Å². The third-order valence-electron chi connectivity index (χ3n) is 4.75. The van der Waals surface area contributed by atoms with Gasteiger partial charge in [0.15, 0.2) is 5.16 Å². The van der Waals surface area contributed by atoms with Crippen molar-refractivity contribution in [3.8, 4) is 0 Å². The Kier molecular flexibility index (Phi) is 6.92. The van der Waals surface area contributed by atoms with E-state index >= 15 is 0 Å². The van der Waals surface area contributed by atoms with E-state index in [2.05, 4.69) is 10.3 Å². The number of aromatic nitrogens is 2. The quantitative estimate of drug-likeness (QED) is 0.444. The number of fused-ring (bicyclic) bond motifs is 1. The van der Waals surface area contributed by atoms with E-state index in [1.54, 1.807) is 29.7 Å². The molecule has 2 atom stereocenters. The lowest BCUT2D eigenvalue weighted by Gasteiger charge is -2.20. The molecule has 3 rings (SSSR count). The SMILES string of the molecule is CC(C)Cn1c(SC(C)C(=O)NC(C)c2ccc(F)cc2)nc2ccccc2c1=O. The Morgan fingerprint density at radius 1 is 1.10 bits per heavy atom. The molecule has 1 N–H and O–H groups in total. The number of nitrogens with one attached hydrogen (secondary N) is 1. The minimum atomic E-state index is -0.459. The summed E-state index contributed by atoms with van der Waals surface area (Å²) >= 11 is 1.27. The number of hydrogen-bond donors (Lipinski definition) is 1. The Morgan fingerprint density at radius 2 is 1.77 bits per heavy atom. The summed E-state index contributed by atoms with van der Waals surface area (Å²) in [5.74, 6) is -0.227. The van der Waals surface area contributed by atoms with Gasteiger partial charge in [-0.2, -0.15) is 0 Å². The van der Waals surface area contributed by atoms with Gasteiger partial charge in [0.1, 0.15) is 5.82 Å². The van der Waals surface area contributed by atoms with Crippen molar-refractivity contribution in [3.05, 3.63) is 70.3 Å². The van der Waals surface area contributed by atoms with Crippen LogP contribution in [0.1, 0.15) is 39.3 Å². The molecule has 0 aliphatic carbocycles. The van der Waals surface area contributed by atoms with E-state index in [9.17, 15) is 14.0 Å². The fourth-order valence-corrected chi connectivity index (χ4v) is 4.07. The molecule has 2 aromatic carbocycles. The Hall–Kier alpha value is -2.67. The Labute approximate surface area is 179 Å². The number of hydrogen-bond acceptors (Lipinski definition) is 4. The molecule has 3 aromatic rings. The largest absolute Gasteiger partial charge is 0.349 e. The van der Waals surface area contributed by atoms with Crippen molar-refractivity contribution in [2.24, 2.45) is 5.92 Å². The number of rotatable bonds is 7. The number of carbonyl (C=O) groups is 1. The van der Waals surface area contributed by atoms with Crippen LogP contribution in [0.25, 0.3) is 10.9 Å². The lowest BCUT2D eigenvalue weighted by atomic mass is 10.1. The van der Waals surface area contributed by atoms with Crippen molar-refractivity contribution in [3.63, 3.8) is 0 Å². The predicted molar refractivity (Wildman–Crippen MR) is 119 cm³/mol. The average molecular weight is 428 g/mol. The molecule has 0 aliphatic heterocycles. The topological polar surface area (TPSA) is 64.0 Å². The van der Waals surface area contributed by atoms with Gasteiger partial charge in [-0.05, 0) is 49.6 Å². The van der Waals surface area contributed by atoms with E-state index in [1.165, 1.54) is 23.9 Å². The second-order valence-corrected chi connectivity index (χ2v) is 9.07. The van der Waals surface area contributed by atoms with E-state index in [-0.39, 0.29) is 29.2 Å². The molecule has 0 bridgehead atoms. The summed E-state index contributed by atoms with van der Waals surface area (Å²) in [7, 11) is 0. The van der Waals surface area contributed by atoms with Crippen LogP contribution in [0.5, 0.6) is 0 Å². The first-order chi connectivity index (χ1) is 14.3. The van der Waals surface area contributed by atoms with Crippen LogP contribution < -0.4 is 10.9 Å². The molecule has 0 saturated heterocycles. The molecule has 0 spiro atoms. The van der Waals surface area contributed by atoms with Crippen LogP contribution in [0.2, 0.25) is 0 Å². The summed E-state index contributed by atoms with van der Waals surface area (Å²) in [5.41, 5.74) is 1.35. The van der Waals surface area contributed by atoms with Gasteiger partial charge in [0.2, 0.25) is 5.91 Å². The molecule has 1 aromatic heterocycles. The highest BCUT2D eigenvalue weighted by Gasteiger charge is 2.21. The van der Waals surface area contributed by atoms with Crippen LogP contribution in [0, 0.1) is 11.7 Å². The van der Waals surface area contributed by atoms with Crippen molar-refractivity contribution in [2.75, 3.05) is 0 Å². The van der Waals surface area contributed by atoms with Crippen molar-refractivity contribution in [1.82, 2.24) is 14.9 Å². The third kappa shape index (κ3) is 5.08. The zero-order valence-corrected chi connectivity index (χ0v) is 18.4. The highest BCUT2D eigenvalue weighted by atomic mass is 32.2. The van der Waals surface area contributed by atoms with E-state index in [0.29, 0.717) is 22.6 Å². The monoisotopic (exact) mass is 427 g/mol. The smallest absolute Gasteiger partial charge is 0.262 e. The Bertz CT molecular complexity index is 1100. The van der Waals surface area contributed by atoms with Gasteiger partial charge < -0.3 is 5.32 Å². The normalized spacial score (nSPS) is 13.4. The highest BCUT2D eigenvalue weighted by molar-refractivity contribution is 8.00. The zero-order chi connectivity index (χ0) is 21.8. The van der Waals surface area contributed by atoms with Crippen molar-refractivity contribution >= 4 is 28.6 Å². The second-order valence-electron chi connectivity index (χ2n) is 7.76. The summed E-state index contributed by atoms with van der Waals surface area (Å²) in [6, 6.07) is 13.1. The lowest BCUT2D eigenvalue weighted by molar-refractivity contribution is -0.120. The molecule has 1 amide bonds. The van der Waals surface area contributed by atoms with Crippen LogP contribution in [0.15, 0.2) is 58.5 Å². The van der Waals surface area contributed by atoms with Gasteiger partial charge in [0.05, 0.1) is 22.2 Å². The molecule has 5 nitrogen and oxygen atoms in total. The number of nitrogens with zero attached hydrogens (tertiary/aromatic N) is 2. The molecular formula is C23H26FN3O2S. The molecule has 0 aliphatic rings. The summed E-state index contributed by atoms with van der Waals surface area (Å²) in [6.07, 6.45) is 0.